The molecule has 32 heavy (non-hydrogen) atoms. The Morgan fingerprint density at radius 1 is 1.31 bits per heavy atom. The molecule has 0 radical (unpaired) electrons. The molecule has 2 aromatic heterocycles. The number of hydrogen-bond donors (Lipinski definition) is 1. The van der Waals surface area contributed by atoms with Crippen molar-refractivity contribution in [3.8, 4) is 5.75 Å². The zero-order chi connectivity index (χ0) is 22.8. The normalized spacial score (nSPS) is 13.6. The molecule has 1 aliphatic rings. The molecule has 1 saturated heterocycles. The number of rotatable bonds is 6. The lowest BCUT2D eigenvalue weighted by molar-refractivity contribution is 0.172. The first-order valence-corrected chi connectivity index (χ1v) is 10.5. The summed E-state index contributed by atoms with van der Waals surface area (Å²) in [6.45, 7) is 1.48. The number of carbonyl (C=O) groups excluding carboxylic acids is 1. The van der Waals surface area contributed by atoms with Gasteiger partial charge in [0.25, 0.3) is 5.56 Å². The lowest BCUT2D eigenvalue weighted by Crippen LogP contribution is -2.33. The van der Waals surface area contributed by atoms with E-state index in [1.807, 2.05) is 4.31 Å². The molecule has 4 rings (SSSR count). The van der Waals surface area contributed by atoms with E-state index in [2.05, 4.69) is 9.71 Å². The van der Waals surface area contributed by atoms with Gasteiger partial charge in [0.05, 0.1) is 11.9 Å². The Labute approximate surface area is 185 Å². The number of anilines is 1. The summed E-state index contributed by atoms with van der Waals surface area (Å²) >= 11 is 1.25. The van der Waals surface area contributed by atoms with Gasteiger partial charge in [0.1, 0.15) is 11.3 Å². The van der Waals surface area contributed by atoms with Crippen LogP contribution >= 0.6 is 12.1 Å². The Hall–Kier alpha value is -3.38. The molecule has 3 aromatic rings. The highest BCUT2D eigenvalue weighted by Gasteiger charge is 2.18. The topological polar surface area (TPSA) is 110 Å². The second kappa shape index (κ2) is 9.01. The van der Waals surface area contributed by atoms with Gasteiger partial charge in [0, 0.05) is 57.1 Å². The smallest absolute Gasteiger partial charge is 0.410 e. The van der Waals surface area contributed by atoms with Gasteiger partial charge < -0.3 is 14.1 Å². The Morgan fingerprint density at radius 2 is 2.09 bits per heavy atom. The van der Waals surface area contributed by atoms with Crippen LogP contribution in [0.1, 0.15) is 12.0 Å². The Bertz CT molecular complexity index is 1290. The van der Waals surface area contributed by atoms with Crippen LogP contribution in [-0.2, 0) is 6.54 Å². The van der Waals surface area contributed by atoms with E-state index in [0.717, 1.165) is 24.1 Å². The first-order chi connectivity index (χ1) is 15.3. The van der Waals surface area contributed by atoms with Gasteiger partial charge in [-0.3, -0.25) is 9.52 Å². The molecule has 0 unspecified atom stereocenters. The SMILES string of the molecule is CN(C)C(=O)Oc1ccc2c(=O)n(Cc3ccnc(NSN4CCC4)c3F)c(=O)oc2c1. The van der Waals surface area contributed by atoms with Gasteiger partial charge in [0.15, 0.2) is 11.6 Å². The lowest BCUT2D eigenvalue weighted by atomic mass is 10.2. The van der Waals surface area contributed by atoms with Gasteiger partial charge in [-0.1, -0.05) is 0 Å². The van der Waals surface area contributed by atoms with Crippen molar-refractivity contribution in [3.63, 3.8) is 0 Å². The molecule has 1 aliphatic heterocycles. The molecule has 3 heterocycles. The van der Waals surface area contributed by atoms with Crippen LogP contribution < -0.4 is 20.8 Å². The molecule has 12 heteroatoms. The predicted octanol–water partition coefficient (Wildman–Crippen LogP) is 2.28. The number of carbonyl (C=O) groups is 1. The van der Waals surface area contributed by atoms with Gasteiger partial charge >= 0.3 is 11.8 Å². The van der Waals surface area contributed by atoms with E-state index in [1.54, 1.807) is 0 Å². The predicted molar refractivity (Wildman–Crippen MR) is 117 cm³/mol. The molecule has 1 N–H and O–H groups in total. The second-order valence-corrected chi connectivity index (χ2v) is 8.19. The highest BCUT2D eigenvalue weighted by atomic mass is 32.2. The first kappa shape index (κ1) is 21.8. The number of nitrogens with zero attached hydrogens (tertiary/aromatic N) is 4. The maximum Gasteiger partial charge on any atom is 0.422 e. The lowest BCUT2D eigenvalue weighted by Gasteiger charge is -2.28. The number of ether oxygens (including phenoxy) is 1. The van der Waals surface area contributed by atoms with Crippen molar-refractivity contribution in [2.75, 3.05) is 31.9 Å². The number of aromatic nitrogens is 2. The molecule has 0 atom stereocenters. The van der Waals surface area contributed by atoms with E-state index < -0.39 is 23.2 Å². The highest BCUT2D eigenvalue weighted by Crippen LogP contribution is 2.24. The summed E-state index contributed by atoms with van der Waals surface area (Å²) in [5, 5.41) is 0.0930. The van der Waals surface area contributed by atoms with Crippen molar-refractivity contribution in [3.05, 3.63) is 62.7 Å². The zero-order valence-electron chi connectivity index (χ0n) is 17.3. The van der Waals surface area contributed by atoms with Crippen LogP contribution in [0.2, 0.25) is 0 Å². The minimum absolute atomic E-state index is 0.0185. The van der Waals surface area contributed by atoms with Gasteiger partial charge in [-0.05, 0) is 24.6 Å². The average molecular weight is 461 g/mol. The number of nitrogens with one attached hydrogen (secondary N) is 1. The molecule has 1 fully saturated rings. The van der Waals surface area contributed by atoms with Crippen molar-refractivity contribution in [2.24, 2.45) is 0 Å². The van der Waals surface area contributed by atoms with Gasteiger partial charge in [-0.25, -0.2) is 27.8 Å². The Balaban J connectivity index is 1.61. The van der Waals surface area contributed by atoms with Crippen LogP contribution in [-0.4, -0.2) is 52.0 Å². The minimum atomic E-state index is -0.959. The summed E-state index contributed by atoms with van der Waals surface area (Å²) in [6, 6.07) is 5.48. The van der Waals surface area contributed by atoms with Gasteiger partial charge in [0.2, 0.25) is 0 Å². The van der Waals surface area contributed by atoms with Crippen LogP contribution in [0.15, 0.2) is 44.5 Å². The molecular formula is C20H20FN5O5S. The van der Waals surface area contributed by atoms with E-state index in [1.165, 1.54) is 61.6 Å². The second-order valence-electron chi connectivity index (χ2n) is 7.29. The number of benzene rings is 1. The summed E-state index contributed by atoms with van der Waals surface area (Å²) in [4.78, 5) is 42.3. The third-order valence-electron chi connectivity index (χ3n) is 4.80. The van der Waals surface area contributed by atoms with E-state index in [9.17, 15) is 18.8 Å². The Kier molecular flexibility index (Phi) is 6.15. The van der Waals surface area contributed by atoms with Crippen molar-refractivity contribution in [2.45, 2.75) is 13.0 Å². The maximum absolute atomic E-state index is 14.9. The fourth-order valence-corrected chi connectivity index (χ4v) is 3.67. The number of pyridine rings is 1. The standard InChI is InChI=1S/C20H20FN5O5S/c1-24(2)19(28)30-13-4-5-14-15(10-13)31-20(29)26(18(14)27)11-12-6-7-22-17(16(12)21)23-32-25-8-3-9-25/h4-7,10H,3,8-9,11H2,1-2H3,(H,22,23). The van der Waals surface area contributed by atoms with Crippen molar-refractivity contribution in [1.29, 1.82) is 0 Å². The number of amides is 1. The van der Waals surface area contributed by atoms with E-state index in [4.69, 9.17) is 9.15 Å². The molecule has 1 amide bonds. The molecule has 0 bridgehead atoms. The summed E-state index contributed by atoms with van der Waals surface area (Å²) in [7, 11) is 3.04. The molecule has 0 aliphatic carbocycles. The number of halogens is 1. The van der Waals surface area contributed by atoms with Crippen molar-refractivity contribution >= 4 is 35.0 Å². The van der Waals surface area contributed by atoms with Crippen LogP contribution in [0.5, 0.6) is 5.75 Å². The van der Waals surface area contributed by atoms with Crippen LogP contribution in [0.4, 0.5) is 15.0 Å². The molecule has 10 nitrogen and oxygen atoms in total. The molecule has 168 valence electrons. The maximum atomic E-state index is 14.9. The first-order valence-electron chi connectivity index (χ1n) is 9.71. The van der Waals surface area contributed by atoms with Crippen LogP contribution in [0.3, 0.4) is 0 Å². The monoisotopic (exact) mass is 461 g/mol. The van der Waals surface area contributed by atoms with E-state index in [0.29, 0.717) is 0 Å². The quantitative estimate of drug-likeness (QED) is 0.553. The average Bonchev–Trinajstić information content (AvgIpc) is 2.71. The zero-order valence-corrected chi connectivity index (χ0v) is 18.1. The summed E-state index contributed by atoms with van der Waals surface area (Å²) in [6.07, 6.45) is 1.87. The van der Waals surface area contributed by atoms with Crippen LogP contribution in [0.25, 0.3) is 11.0 Å². The number of fused-ring (bicyclic) bond motifs is 1. The van der Waals surface area contributed by atoms with Crippen LogP contribution in [0, 0.1) is 5.82 Å². The van der Waals surface area contributed by atoms with Gasteiger partial charge in [-0.2, -0.15) is 0 Å². The van der Waals surface area contributed by atoms with Gasteiger partial charge in [-0.15, -0.1) is 0 Å². The molecular weight excluding hydrogens is 441 g/mol. The largest absolute Gasteiger partial charge is 0.422 e. The van der Waals surface area contributed by atoms with E-state index in [-0.39, 0.29) is 34.6 Å². The molecule has 0 saturated carbocycles. The summed E-state index contributed by atoms with van der Waals surface area (Å²) < 4.78 is 30.9. The van der Waals surface area contributed by atoms with E-state index >= 15 is 0 Å². The summed E-state index contributed by atoms with van der Waals surface area (Å²) in [5.41, 5.74) is -0.580. The third-order valence-corrected chi connectivity index (χ3v) is 5.71. The third kappa shape index (κ3) is 4.46. The fraction of sp³-hybridized carbons (Fsp3) is 0.300. The van der Waals surface area contributed by atoms with Crippen molar-refractivity contribution < 1.29 is 18.3 Å². The van der Waals surface area contributed by atoms with Crippen molar-refractivity contribution in [1.82, 2.24) is 18.8 Å². The minimum Gasteiger partial charge on any atom is -0.410 e. The summed E-state index contributed by atoms with van der Waals surface area (Å²) in [5.74, 6) is -1.48. The molecule has 0 spiro atoms. The number of hydrogen-bond acceptors (Lipinski definition) is 9. The Morgan fingerprint density at radius 3 is 2.78 bits per heavy atom. The molecule has 1 aromatic carbocycles. The fourth-order valence-electron chi connectivity index (χ4n) is 2.87. The highest BCUT2D eigenvalue weighted by molar-refractivity contribution is 7.98.